The van der Waals surface area contributed by atoms with E-state index in [-0.39, 0.29) is 5.91 Å². The molecule has 1 atom stereocenters. The molecule has 1 aromatic carbocycles. The lowest BCUT2D eigenvalue weighted by Gasteiger charge is -2.11. The Morgan fingerprint density at radius 1 is 1.33 bits per heavy atom. The van der Waals surface area contributed by atoms with E-state index < -0.39 is 0 Å². The lowest BCUT2D eigenvalue weighted by molar-refractivity contribution is -0.121. The minimum atomic E-state index is 0.0259. The van der Waals surface area contributed by atoms with Gasteiger partial charge < -0.3 is 15.4 Å². The molecule has 18 heavy (non-hydrogen) atoms. The lowest BCUT2D eigenvalue weighted by Crippen LogP contribution is -2.24. The van der Waals surface area contributed by atoms with Gasteiger partial charge in [-0.3, -0.25) is 4.79 Å². The fourth-order valence-corrected chi connectivity index (χ4v) is 1.57. The zero-order valence-electron chi connectivity index (χ0n) is 11.3. The van der Waals surface area contributed by atoms with Gasteiger partial charge >= 0.3 is 0 Å². The van der Waals surface area contributed by atoms with Crippen molar-refractivity contribution in [2.75, 3.05) is 20.2 Å². The first-order valence-electron chi connectivity index (χ1n) is 6.34. The number of carbonyl (C=O) groups is 1. The highest BCUT2D eigenvalue weighted by molar-refractivity contribution is 5.75. The van der Waals surface area contributed by atoms with Crippen molar-refractivity contribution in [2.45, 2.75) is 26.3 Å². The fraction of sp³-hybridized carbons (Fsp3) is 0.500. The number of nitrogens with one attached hydrogen (secondary N) is 2. The predicted octanol–water partition coefficient (Wildman–Crippen LogP) is 1.87. The average Bonchev–Trinajstić information content (AvgIpc) is 2.39. The van der Waals surface area contributed by atoms with Crippen LogP contribution < -0.4 is 15.4 Å². The standard InChI is InChI=1S/C14H22N2O2/c1-4-16-14(17)9-10-18-13-7-5-12(6-8-13)11(2)15-3/h5-8,11,15H,4,9-10H2,1-3H3,(H,16,17). The lowest BCUT2D eigenvalue weighted by atomic mass is 10.1. The van der Waals surface area contributed by atoms with Gasteiger partial charge in [-0.25, -0.2) is 0 Å². The minimum Gasteiger partial charge on any atom is -0.493 e. The van der Waals surface area contributed by atoms with E-state index in [1.807, 2.05) is 38.2 Å². The Morgan fingerprint density at radius 2 is 2.00 bits per heavy atom. The summed E-state index contributed by atoms with van der Waals surface area (Å²) in [6.07, 6.45) is 0.391. The van der Waals surface area contributed by atoms with Crippen LogP contribution in [0.4, 0.5) is 0 Å². The van der Waals surface area contributed by atoms with E-state index in [1.165, 1.54) is 5.56 Å². The third kappa shape index (κ3) is 4.75. The van der Waals surface area contributed by atoms with Crippen molar-refractivity contribution in [3.63, 3.8) is 0 Å². The number of rotatable bonds is 7. The van der Waals surface area contributed by atoms with Crippen LogP contribution >= 0.6 is 0 Å². The average molecular weight is 250 g/mol. The van der Waals surface area contributed by atoms with Crippen molar-refractivity contribution >= 4 is 5.91 Å². The summed E-state index contributed by atoms with van der Waals surface area (Å²) in [5, 5.41) is 5.92. The number of carbonyl (C=O) groups excluding carboxylic acids is 1. The molecule has 0 saturated heterocycles. The van der Waals surface area contributed by atoms with E-state index in [4.69, 9.17) is 4.74 Å². The van der Waals surface area contributed by atoms with Crippen LogP contribution in [0.25, 0.3) is 0 Å². The predicted molar refractivity (Wildman–Crippen MR) is 72.7 cm³/mol. The number of ether oxygens (including phenoxy) is 1. The third-order valence-electron chi connectivity index (χ3n) is 2.78. The second-order valence-corrected chi connectivity index (χ2v) is 4.13. The first-order valence-corrected chi connectivity index (χ1v) is 6.34. The summed E-state index contributed by atoms with van der Waals surface area (Å²) >= 11 is 0. The van der Waals surface area contributed by atoms with Gasteiger partial charge in [0.05, 0.1) is 13.0 Å². The monoisotopic (exact) mass is 250 g/mol. The van der Waals surface area contributed by atoms with Crippen molar-refractivity contribution in [3.05, 3.63) is 29.8 Å². The largest absolute Gasteiger partial charge is 0.493 e. The van der Waals surface area contributed by atoms with Gasteiger partial charge in [0.2, 0.25) is 5.91 Å². The Morgan fingerprint density at radius 3 is 2.56 bits per heavy atom. The molecule has 2 N–H and O–H groups in total. The quantitative estimate of drug-likeness (QED) is 0.776. The highest BCUT2D eigenvalue weighted by Crippen LogP contribution is 2.17. The maximum Gasteiger partial charge on any atom is 0.223 e. The molecule has 0 radical (unpaired) electrons. The summed E-state index contributed by atoms with van der Waals surface area (Å²) in [7, 11) is 1.93. The van der Waals surface area contributed by atoms with Gasteiger partial charge in [-0.05, 0) is 38.6 Å². The zero-order valence-corrected chi connectivity index (χ0v) is 11.3. The van der Waals surface area contributed by atoms with E-state index in [0.717, 1.165) is 5.75 Å². The van der Waals surface area contributed by atoms with Crippen LogP contribution in [0.5, 0.6) is 5.75 Å². The Balaban J connectivity index is 2.37. The van der Waals surface area contributed by atoms with Crippen molar-refractivity contribution in [3.8, 4) is 5.75 Å². The van der Waals surface area contributed by atoms with Crippen LogP contribution in [-0.4, -0.2) is 26.1 Å². The van der Waals surface area contributed by atoms with Gasteiger partial charge in [0.15, 0.2) is 0 Å². The van der Waals surface area contributed by atoms with E-state index in [2.05, 4.69) is 17.6 Å². The SMILES string of the molecule is CCNC(=O)CCOc1ccc(C(C)NC)cc1. The summed E-state index contributed by atoms with van der Waals surface area (Å²) in [6, 6.07) is 8.25. The van der Waals surface area contributed by atoms with Gasteiger partial charge in [-0.2, -0.15) is 0 Å². The Labute approximate surface area is 109 Å². The third-order valence-corrected chi connectivity index (χ3v) is 2.78. The van der Waals surface area contributed by atoms with Crippen LogP contribution in [0, 0.1) is 0 Å². The molecule has 0 aliphatic carbocycles. The molecule has 0 saturated carbocycles. The Kier molecular flexibility index (Phi) is 6.22. The van der Waals surface area contributed by atoms with E-state index in [0.29, 0.717) is 25.6 Å². The summed E-state index contributed by atoms with van der Waals surface area (Å²) in [5.74, 6) is 0.823. The van der Waals surface area contributed by atoms with Crippen molar-refractivity contribution in [1.29, 1.82) is 0 Å². The Hall–Kier alpha value is -1.55. The maximum atomic E-state index is 11.2. The van der Waals surface area contributed by atoms with Crippen molar-refractivity contribution < 1.29 is 9.53 Å². The molecule has 1 amide bonds. The summed E-state index contributed by atoms with van der Waals surface area (Å²) < 4.78 is 5.51. The van der Waals surface area contributed by atoms with Gasteiger partial charge in [-0.1, -0.05) is 12.1 Å². The van der Waals surface area contributed by atoms with Crippen LogP contribution in [0.1, 0.15) is 31.9 Å². The molecule has 1 rings (SSSR count). The highest BCUT2D eigenvalue weighted by atomic mass is 16.5. The molecule has 1 aromatic rings. The van der Waals surface area contributed by atoms with Crippen LogP contribution in [-0.2, 0) is 4.79 Å². The van der Waals surface area contributed by atoms with Gasteiger partial charge in [0.1, 0.15) is 5.75 Å². The second kappa shape index (κ2) is 7.71. The number of hydrogen-bond acceptors (Lipinski definition) is 3. The molecule has 1 unspecified atom stereocenters. The normalized spacial score (nSPS) is 11.9. The van der Waals surface area contributed by atoms with E-state index >= 15 is 0 Å². The number of hydrogen-bond donors (Lipinski definition) is 2. The summed E-state index contributed by atoms with van der Waals surface area (Å²) in [5.41, 5.74) is 1.22. The minimum absolute atomic E-state index is 0.0259. The molecule has 100 valence electrons. The topological polar surface area (TPSA) is 50.4 Å². The number of amides is 1. The first-order chi connectivity index (χ1) is 8.67. The summed E-state index contributed by atoms with van der Waals surface area (Å²) in [4.78, 5) is 11.2. The molecule has 4 nitrogen and oxygen atoms in total. The van der Waals surface area contributed by atoms with Crippen LogP contribution in [0.3, 0.4) is 0 Å². The molecule has 0 fully saturated rings. The van der Waals surface area contributed by atoms with Gasteiger partial charge in [-0.15, -0.1) is 0 Å². The molecule has 0 aromatic heterocycles. The second-order valence-electron chi connectivity index (χ2n) is 4.13. The van der Waals surface area contributed by atoms with Crippen molar-refractivity contribution in [1.82, 2.24) is 10.6 Å². The first kappa shape index (κ1) is 14.5. The number of benzene rings is 1. The smallest absolute Gasteiger partial charge is 0.223 e. The highest BCUT2D eigenvalue weighted by Gasteiger charge is 2.03. The van der Waals surface area contributed by atoms with Gasteiger partial charge in [0, 0.05) is 12.6 Å². The molecular formula is C14H22N2O2. The molecule has 0 bridgehead atoms. The Bertz CT molecular complexity index is 363. The molecule has 0 aliphatic heterocycles. The fourth-order valence-electron chi connectivity index (χ4n) is 1.57. The molecule has 4 heteroatoms. The van der Waals surface area contributed by atoms with E-state index in [1.54, 1.807) is 0 Å². The molecule has 0 heterocycles. The molecule has 0 spiro atoms. The van der Waals surface area contributed by atoms with Crippen LogP contribution in [0.2, 0.25) is 0 Å². The maximum absolute atomic E-state index is 11.2. The zero-order chi connectivity index (χ0) is 13.4. The summed E-state index contributed by atoms with van der Waals surface area (Å²) in [6.45, 7) is 5.08. The van der Waals surface area contributed by atoms with Crippen LogP contribution in [0.15, 0.2) is 24.3 Å². The molecule has 0 aliphatic rings. The van der Waals surface area contributed by atoms with Crippen molar-refractivity contribution in [2.24, 2.45) is 0 Å². The van der Waals surface area contributed by atoms with E-state index in [9.17, 15) is 4.79 Å². The van der Waals surface area contributed by atoms with Gasteiger partial charge in [0.25, 0.3) is 0 Å². The molecular weight excluding hydrogens is 228 g/mol.